The second-order valence-corrected chi connectivity index (χ2v) is 7.11. The van der Waals surface area contributed by atoms with E-state index in [-0.39, 0.29) is 23.1 Å². The number of phenolic OH excluding ortho intramolecular Hbond substituents is 1. The first kappa shape index (κ1) is 22.0. The third-order valence-corrected chi connectivity index (χ3v) is 5.01. The maximum absolute atomic E-state index is 13.5. The number of hydrazone groups is 1. The number of hydrogen-bond acceptors (Lipinski definition) is 9. The van der Waals surface area contributed by atoms with Crippen LogP contribution < -0.4 is 15.1 Å². The molecular formula is C23H21FN6O3. The number of ether oxygens (including phenoxy) is 2. The number of nitrogens with one attached hydrogen (secondary N) is 1. The van der Waals surface area contributed by atoms with E-state index >= 15 is 0 Å². The standard InChI is InChI=1S/C23H21FN6O3/c1-32-20-7-2-15(12-19(20)31)14-26-29-23-27-21(16-3-5-17(24)6-4-16)18(13-25)22(28-23)30-8-10-33-11-9-30/h2-7,12,14,31H,8-11H2,1H3,(H,27,28,29)/b26-14+. The molecule has 9 nitrogen and oxygen atoms in total. The van der Waals surface area contributed by atoms with E-state index in [1.807, 2.05) is 4.90 Å². The van der Waals surface area contributed by atoms with E-state index in [0.29, 0.717) is 54.7 Å². The van der Waals surface area contributed by atoms with Crippen molar-refractivity contribution in [2.45, 2.75) is 0 Å². The van der Waals surface area contributed by atoms with Crippen LogP contribution in [0.2, 0.25) is 0 Å². The molecule has 10 heteroatoms. The molecule has 0 atom stereocenters. The summed E-state index contributed by atoms with van der Waals surface area (Å²) in [4.78, 5) is 10.9. The lowest BCUT2D eigenvalue weighted by atomic mass is 10.1. The monoisotopic (exact) mass is 448 g/mol. The van der Waals surface area contributed by atoms with E-state index in [1.54, 1.807) is 24.3 Å². The molecule has 0 radical (unpaired) electrons. The van der Waals surface area contributed by atoms with Crippen LogP contribution in [-0.2, 0) is 4.74 Å². The molecule has 1 saturated heterocycles. The van der Waals surface area contributed by atoms with Gasteiger partial charge in [-0.1, -0.05) is 0 Å². The quantitative estimate of drug-likeness (QED) is 0.436. The SMILES string of the molecule is COc1ccc(/C=N/Nc2nc(-c3ccc(F)cc3)c(C#N)c(N3CCOCC3)n2)cc1O. The van der Waals surface area contributed by atoms with E-state index in [9.17, 15) is 14.8 Å². The molecule has 1 fully saturated rings. The normalized spacial score (nSPS) is 13.7. The number of rotatable bonds is 6. The van der Waals surface area contributed by atoms with E-state index in [4.69, 9.17) is 9.47 Å². The maximum Gasteiger partial charge on any atom is 0.246 e. The molecule has 0 amide bonds. The van der Waals surface area contributed by atoms with Crippen molar-refractivity contribution in [3.63, 3.8) is 0 Å². The van der Waals surface area contributed by atoms with Crippen molar-refractivity contribution in [1.82, 2.24) is 9.97 Å². The molecule has 2 N–H and O–H groups in total. The summed E-state index contributed by atoms with van der Waals surface area (Å²) in [7, 11) is 1.47. The van der Waals surface area contributed by atoms with Crippen LogP contribution in [0.5, 0.6) is 11.5 Å². The lowest BCUT2D eigenvalue weighted by Gasteiger charge is -2.29. The average molecular weight is 448 g/mol. The predicted octanol–water partition coefficient (Wildman–Crippen LogP) is 3.15. The van der Waals surface area contributed by atoms with Crippen LogP contribution >= 0.6 is 0 Å². The minimum absolute atomic E-state index is 0.00993. The smallest absolute Gasteiger partial charge is 0.246 e. The zero-order valence-electron chi connectivity index (χ0n) is 17.8. The number of morpholine rings is 1. The van der Waals surface area contributed by atoms with Gasteiger partial charge in [-0.15, -0.1) is 0 Å². The lowest BCUT2D eigenvalue weighted by Crippen LogP contribution is -2.37. The highest BCUT2D eigenvalue weighted by Crippen LogP contribution is 2.30. The Bertz CT molecular complexity index is 1200. The summed E-state index contributed by atoms with van der Waals surface area (Å²) in [5.74, 6) is 0.586. The summed E-state index contributed by atoms with van der Waals surface area (Å²) in [6.07, 6.45) is 1.49. The molecule has 1 aliphatic heterocycles. The second kappa shape index (κ2) is 9.93. The minimum Gasteiger partial charge on any atom is -0.504 e. The van der Waals surface area contributed by atoms with Crippen molar-refractivity contribution in [2.75, 3.05) is 43.7 Å². The van der Waals surface area contributed by atoms with Gasteiger partial charge in [-0.25, -0.2) is 14.8 Å². The minimum atomic E-state index is -0.384. The van der Waals surface area contributed by atoms with Crippen molar-refractivity contribution in [1.29, 1.82) is 5.26 Å². The number of aromatic hydroxyl groups is 1. The number of hydrogen-bond donors (Lipinski definition) is 2. The van der Waals surface area contributed by atoms with Gasteiger partial charge in [0.2, 0.25) is 5.95 Å². The van der Waals surface area contributed by atoms with Gasteiger partial charge in [0.15, 0.2) is 17.3 Å². The highest BCUT2D eigenvalue weighted by atomic mass is 19.1. The van der Waals surface area contributed by atoms with Crippen molar-refractivity contribution >= 4 is 18.0 Å². The number of phenols is 1. The number of anilines is 2. The highest BCUT2D eigenvalue weighted by molar-refractivity contribution is 5.81. The summed E-state index contributed by atoms with van der Waals surface area (Å²) in [5.41, 5.74) is 4.65. The number of halogens is 1. The van der Waals surface area contributed by atoms with Crippen molar-refractivity contribution < 1.29 is 19.0 Å². The largest absolute Gasteiger partial charge is 0.504 e. The van der Waals surface area contributed by atoms with Gasteiger partial charge in [-0.05, 0) is 48.0 Å². The molecule has 0 bridgehead atoms. The van der Waals surface area contributed by atoms with Crippen LogP contribution in [0.1, 0.15) is 11.1 Å². The highest BCUT2D eigenvalue weighted by Gasteiger charge is 2.22. The number of benzene rings is 2. The molecule has 2 heterocycles. The first-order valence-corrected chi connectivity index (χ1v) is 10.2. The third kappa shape index (κ3) is 4.99. The average Bonchev–Trinajstić information content (AvgIpc) is 2.84. The number of nitriles is 1. The zero-order valence-corrected chi connectivity index (χ0v) is 17.8. The van der Waals surface area contributed by atoms with Gasteiger partial charge < -0.3 is 19.5 Å². The molecule has 1 aliphatic rings. The van der Waals surface area contributed by atoms with Crippen LogP contribution in [0.4, 0.5) is 16.2 Å². The van der Waals surface area contributed by atoms with Crippen LogP contribution in [0.25, 0.3) is 11.3 Å². The van der Waals surface area contributed by atoms with E-state index < -0.39 is 0 Å². The Kier molecular flexibility index (Phi) is 6.61. The first-order chi connectivity index (χ1) is 16.1. The summed E-state index contributed by atoms with van der Waals surface area (Å²) in [6.45, 7) is 2.18. The van der Waals surface area contributed by atoms with Gasteiger partial charge in [0.25, 0.3) is 0 Å². The fraction of sp³-hybridized carbons (Fsp3) is 0.217. The Balaban J connectivity index is 1.69. The molecular weight excluding hydrogens is 427 g/mol. The molecule has 33 heavy (non-hydrogen) atoms. The Morgan fingerprint density at radius 2 is 1.97 bits per heavy atom. The first-order valence-electron chi connectivity index (χ1n) is 10.2. The number of aromatic nitrogens is 2. The fourth-order valence-electron chi connectivity index (χ4n) is 3.37. The maximum atomic E-state index is 13.5. The molecule has 0 spiro atoms. The molecule has 0 unspecified atom stereocenters. The summed E-state index contributed by atoms with van der Waals surface area (Å²) < 4.78 is 23.9. The summed E-state index contributed by atoms with van der Waals surface area (Å²) >= 11 is 0. The van der Waals surface area contributed by atoms with Gasteiger partial charge >= 0.3 is 0 Å². The van der Waals surface area contributed by atoms with Gasteiger partial charge in [-0.3, -0.25) is 0 Å². The molecule has 2 aromatic carbocycles. The Labute approximate surface area is 189 Å². The topological polar surface area (TPSA) is 116 Å². The summed E-state index contributed by atoms with van der Waals surface area (Å²) in [5, 5.41) is 24.0. The van der Waals surface area contributed by atoms with Gasteiger partial charge in [-0.2, -0.15) is 15.3 Å². The van der Waals surface area contributed by atoms with Crippen molar-refractivity contribution in [2.24, 2.45) is 5.10 Å². The van der Waals surface area contributed by atoms with Gasteiger partial charge in [0.05, 0.1) is 32.2 Å². The van der Waals surface area contributed by atoms with E-state index in [1.165, 1.54) is 31.5 Å². The van der Waals surface area contributed by atoms with Crippen molar-refractivity contribution in [3.05, 3.63) is 59.4 Å². The molecule has 0 aliphatic carbocycles. The van der Waals surface area contributed by atoms with Crippen LogP contribution in [0.3, 0.4) is 0 Å². The van der Waals surface area contributed by atoms with Crippen molar-refractivity contribution in [3.8, 4) is 28.8 Å². The van der Waals surface area contributed by atoms with Crippen LogP contribution in [0, 0.1) is 17.1 Å². The van der Waals surface area contributed by atoms with Crippen LogP contribution in [0.15, 0.2) is 47.6 Å². The molecule has 168 valence electrons. The van der Waals surface area contributed by atoms with Gasteiger partial charge in [0, 0.05) is 18.7 Å². The molecule has 1 aromatic heterocycles. The fourth-order valence-corrected chi connectivity index (χ4v) is 3.37. The Morgan fingerprint density at radius 1 is 1.21 bits per heavy atom. The van der Waals surface area contributed by atoms with E-state index in [0.717, 1.165) is 0 Å². The second-order valence-electron chi connectivity index (χ2n) is 7.11. The number of methoxy groups -OCH3 is 1. The Hall–Kier alpha value is -4.23. The van der Waals surface area contributed by atoms with E-state index in [2.05, 4.69) is 26.6 Å². The van der Waals surface area contributed by atoms with Crippen LogP contribution in [-0.4, -0.2) is 54.7 Å². The molecule has 0 saturated carbocycles. The third-order valence-electron chi connectivity index (χ3n) is 5.01. The predicted molar refractivity (Wildman–Crippen MR) is 121 cm³/mol. The summed E-state index contributed by atoms with van der Waals surface area (Å²) in [6, 6.07) is 12.8. The molecule has 3 aromatic rings. The van der Waals surface area contributed by atoms with Gasteiger partial charge in [0.1, 0.15) is 17.4 Å². The number of nitrogens with zero attached hydrogens (tertiary/aromatic N) is 5. The lowest BCUT2D eigenvalue weighted by molar-refractivity contribution is 0.122. The molecule has 4 rings (SSSR count). The zero-order chi connectivity index (χ0) is 23.2. The Morgan fingerprint density at radius 3 is 2.64 bits per heavy atom.